The van der Waals surface area contributed by atoms with Gasteiger partial charge in [-0.05, 0) is 31.7 Å². The molecule has 4 heteroatoms. The number of hydrogen-bond donors (Lipinski definition) is 2. The van der Waals surface area contributed by atoms with Gasteiger partial charge in [0.05, 0.1) is 18.6 Å². The summed E-state index contributed by atoms with van der Waals surface area (Å²) in [5.41, 5.74) is 0.882. The first-order chi connectivity index (χ1) is 9.65. The summed E-state index contributed by atoms with van der Waals surface area (Å²) in [7, 11) is 0. The third-order valence-corrected chi connectivity index (χ3v) is 3.61. The molecular formula is C16H23NO3. The quantitative estimate of drug-likeness (QED) is 0.838. The highest BCUT2D eigenvalue weighted by atomic mass is 16.5. The van der Waals surface area contributed by atoms with Crippen molar-refractivity contribution in [2.75, 3.05) is 6.61 Å². The highest BCUT2D eigenvalue weighted by molar-refractivity contribution is 5.76. The Morgan fingerprint density at radius 3 is 2.85 bits per heavy atom. The number of nitrogens with one attached hydrogen (secondary N) is 1. The lowest BCUT2D eigenvalue weighted by Crippen LogP contribution is -2.35. The van der Waals surface area contributed by atoms with Gasteiger partial charge in [0.25, 0.3) is 0 Å². The van der Waals surface area contributed by atoms with Crippen molar-refractivity contribution in [1.29, 1.82) is 0 Å². The molecule has 1 aliphatic heterocycles. The molecule has 1 saturated heterocycles. The molecule has 0 bridgehead atoms. The summed E-state index contributed by atoms with van der Waals surface area (Å²) in [5.74, 6) is 0.00432. The molecule has 20 heavy (non-hydrogen) atoms. The zero-order valence-corrected chi connectivity index (χ0v) is 11.9. The van der Waals surface area contributed by atoms with E-state index in [1.54, 1.807) is 0 Å². The molecule has 2 N–H and O–H groups in total. The van der Waals surface area contributed by atoms with E-state index < -0.39 is 6.10 Å². The van der Waals surface area contributed by atoms with Crippen LogP contribution in [0.2, 0.25) is 0 Å². The van der Waals surface area contributed by atoms with Crippen LogP contribution in [-0.2, 0) is 9.53 Å². The second kappa shape index (κ2) is 7.41. The molecular weight excluding hydrogens is 254 g/mol. The molecule has 1 aliphatic rings. The van der Waals surface area contributed by atoms with Crippen molar-refractivity contribution < 1.29 is 14.6 Å². The third kappa shape index (κ3) is 4.62. The van der Waals surface area contributed by atoms with Gasteiger partial charge in [0.1, 0.15) is 0 Å². The Kier molecular flexibility index (Phi) is 5.56. The van der Waals surface area contributed by atoms with Crippen LogP contribution >= 0.6 is 0 Å². The van der Waals surface area contributed by atoms with E-state index in [1.165, 1.54) is 0 Å². The van der Waals surface area contributed by atoms with Gasteiger partial charge in [-0.3, -0.25) is 4.79 Å². The summed E-state index contributed by atoms with van der Waals surface area (Å²) in [5, 5.41) is 13.0. The van der Waals surface area contributed by atoms with Crippen LogP contribution in [0.3, 0.4) is 0 Å². The minimum atomic E-state index is -0.547. The van der Waals surface area contributed by atoms with Gasteiger partial charge in [-0.2, -0.15) is 0 Å². The third-order valence-electron chi connectivity index (χ3n) is 3.61. The number of aliphatic hydroxyl groups is 1. The van der Waals surface area contributed by atoms with Crippen molar-refractivity contribution >= 4 is 5.91 Å². The molecule has 1 fully saturated rings. The normalized spacial score (nSPS) is 21.4. The van der Waals surface area contributed by atoms with Crippen LogP contribution in [-0.4, -0.2) is 29.8 Å². The highest BCUT2D eigenvalue weighted by Crippen LogP contribution is 2.18. The summed E-state index contributed by atoms with van der Waals surface area (Å²) in [6.45, 7) is 2.68. The van der Waals surface area contributed by atoms with Crippen LogP contribution in [0.4, 0.5) is 0 Å². The van der Waals surface area contributed by atoms with Gasteiger partial charge in [-0.1, -0.05) is 30.3 Å². The number of carbonyl (C=O) groups is 1. The van der Waals surface area contributed by atoms with E-state index in [9.17, 15) is 9.90 Å². The number of hydrogen-bond acceptors (Lipinski definition) is 3. The zero-order chi connectivity index (χ0) is 14.4. The van der Waals surface area contributed by atoms with Gasteiger partial charge in [-0.15, -0.1) is 0 Å². The van der Waals surface area contributed by atoms with E-state index >= 15 is 0 Å². The first-order valence-electron chi connectivity index (χ1n) is 7.29. The highest BCUT2D eigenvalue weighted by Gasteiger charge is 2.20. The average molecular weight is 277 g/mol. The molecule has 0 aromatic heterocycles. The van der Waals surface area contributed by atoms with Gasteiger partial charge < -0.3 is 15.2 Å². The molecule has 0 aliphatic carbocycles. The molecule has 0 saturated carbocycles. The van der Waals surface area contributed by atoms with Crippen LogP contribution in [0.15, 0.2) is 30.3 Å². The molecule has 1 aromatic rings. The van der Waals surface area contributed by atoms with Crippen LogP contribution in [0.25, 0.3) is 0 Å². The molecule has 0 spiro atoms. The first-order valence-corrected chi connectivity index (χ1v) is 7.29. The Morgan fingerprint density at radius 1 is 1.45 bits per heavy atom. The summed E-state index contributed by atoms with van der Waals surface area (Å²) in [6.07, 6.45) is 2.47. The maximum Gasteiger partial charge on any atom is 0.222 e. The first kappa shape index (κ1) is 15.0. The molecule has 110 valence electrons. The Labute approximate surface area is 120 Å². The molecule has 3 atom stereocenters. The van der Waals surface area contributed by atoms with Crippen LogP contribution in [0, 0.1) is 0 Å². The minimum absolute atomic E-state index is 0.00432. The number of carbonyl (C=O) groups excluding carboxylic acids is 1. The van der Waals surface area contributed by atoms with Gasteiger partial charge in [0.15, 0.2) is 0 Å². The summed E-state index contributed by atoms with van der Waals surface area (Å²) in [4.78, 5) is 11.9. The lowest BCUT2D eigenvalue weighted by molar-refractivity contribution is -0.124. The molecule has 1 aromatic carbocycles. The van der Waals surface area contributed by atoms with E-state index in [4.69, 9.17) is 4.74 Å². The number of aliphatic hydroxyl groups excluding tert-OH is 1. The maximum absolute atomic E-state index is 11.9. The zero-order valence-electron chi connectivity index (χ0n) is 11.9. The Morgan fingerprint density at radius 2 is 2.20 bits per heavy atom. The Hall–Kier alpha value is -1.39. The van der Waals surface area contributed by atoms with Gasteiger partial charge in [0.2, 0.25) is 5.91 Å². The van der Waals surface area contributed by atoms with E-state index in [-0.39, 0.29) is 18.1 Å². The fourth-order valence-electron chi connectivity index (χ4n) is 2.55. The number of benzene rings is 1. The maximum atomic E-state index is 11.9. The Balaban J connectivity index is 1.74. The molecule has 4 nitrogen and oxygen atoms in total. The molecule has 2 rings (SSSR count). The Bertz CT molecular complexity index is 415. The van der Waals surface area contributed by atoms with E-state index in [1.807, 2.05) is 37.3 Å². The van der Waals surface area contributed by atoms with Gasteiger partial charge in [-0.25, -0.2) is 0 Å². The van der Waals surface area contributed by atoms with Crippen LogP contribution in [0.1, 0.15) is 44.3 Å². The van der Waals surface area contributed by atoms with Crippen LogP contribution in [0.5, 0.6) is 0 Å². The second-order valence-electron chi connectivity index (χ2n) is 5.47. The second-order valence-corrected chi connectivity index (χ2v) is 5.47. The van der Waals surface area contributed by atoms with E-state index in [2.05, 4.69) is 5.32 Å². The number of amides is 1. The monoisotopic (exact) mass is 277 g/mol. The van der Waals surface area contributed by atoms with Crippen molar-refractivity contribution in [1.82, 2.24) is 5.32 Å². The largest absolute Gasteiger partial charge is 0.388 e. The lowest BCUT2D eigenvalue weighted by Gasteiger charge is -2.19. The van der Waals surface area contributed by atoms with Gasteiger partial charge >= 0.3 is 0 Å². The fourth-order valence-corrected chi connectivity index (χ4v) is 2.55. The van der Waals surface area contributed by atoms with Crippen molar-refractivity contribution in [2.24, 2.45) is 0 Å². The number of rotatable bonds is 6. The average Bonchev–Trinajstić information content (AvgIpc) is 2.92. The SMILES string of the molecule is CC(CC(O)c1ccccc1)NC(=O)CC1CCCO1. The molecule has 1 heterocycles. The fraction of sp³-hybridized carbons (Fsp3) is 0.562. The standard InChI is InChI=1S/C16H23NO3/c1-12(10-15(18)13-6-3-2-4-7-13)17-16(19)11-14-8-5-9-20-14/h2-4,6-7,12,14-15,18H,5,8-11H2,1H3,(H,17,19). The van der Waals surface area contributed by atoms with Gasteiger partial charge in [0, 0.05) is 12.6 Å². The summed E-state index contributed by atoms with van der Waals surface area (Å²) < 4.78 is 5.45. The van der Waals surface area contributed by atoms with Crippen molar-refractivity contribution in [3.63, 3.8) is 0 Å². The summed E-state index contributed by atoms with van der Waals surface area (Å²) in [6, 6.07) is 9.46. The molecule has 3 unspecified atom stereocenters. The van der Waals surface area contributed by atoms with Crippen molar-refractivity contribution in [3.8, 4) is 0 Å². The van der Waals surface area contributed by atoms with E-state index in [0.29, 0.717) is 12.8 Å². The number of ether oxygens (including phenoxy) is 1. The minimum Gasteiger partial charge on any atom is -0.388 e. The predicted molar refractivity (Wildman–Crippen MR) is 77.2 cm³/mol. The van der Waals surface area contributed by atoms with E-state index in [0.717, 1.165) is 25.0 Å². The lowest BCUT2D eigenvalue weighted by atomic mass is 10.0. The van der Waals surface area contributed by atoms with Crippen molar-refractivity contribution in [3.05, 3.63) is 35.9 Å². The predicted octanol–water partition coefficient (Wildman–Crippen LogP) is 2.18. The summed E-state index contributed by atoms with van der Waals surface area (Å²) >= 11 is 0. The van der Waals surface area contributed by atoms with Crippen molar-refractivity contribution in [2.45, 2.75) is 50.9 Å². The topological polar surface area (TPSA) is 58.6 Å². The molecule has 0 radical (unpaired) electrons. The smallest absolute Gasteiger partial charge is 0.222 e. The molecule has 1 amide bonds. The van der Waals surface area contributed by atoms with Crippen LogP contribution < -0.4 is 5.32 Å².